The molecule has 6 aromatic carbocycles. The van der Waals surface area contributed by atoms with E-state index in [4.69, 9.17) is 9.47 Å². The number of hydrogen-bond donors (Lipinski definition) is 0. The van der Waals surface area contributed by atoms with E-state index in [-0.39, 0.29) is 0 Å². The monoisotopic (exact) mass is 751 g/mol. The largest absolute Gasteiger partial charge is 0.496 e. The van der Waals surface area contributed by atoms with E-state index in [0.29, 0.717) is 12.5 Å². The minimum Gasteiger partial charge on any atom is -0.496 e. The van der Waals surface area contributed by atoms with Crippen molar-refractivity contribution in [2.24, 2.45) is 11.8 Å². The zero-order chi connectivity index (χ0) is 39.8. The molecule has 3 nitrogen and oxygen atoms in total. The van der Waals surface area contributed by atoms with E-state index in [1.165, 1.54) is 30.4 Å². The highest BCUT2D eigenvalue weighted by atomic mass is 16.5. The van der Waals surface area contributed by atoms with Crippen LogP contribution >= 0.6 is 0 Å². The van der Waals surface area contributed by atoms with Gasteiger partial charge in [0.2, 0.25) is 0 Å². The van der Waals surface area contributed by atoms with Gasteiger partial charge in [0, 0.05) is 28.2 Å². The van der Waals surface area contributed by atoms with E-state index >= 15 is 0 Å². The lowest BCUT2D eigenvalue weighted by atomic mass is 9.97. The Labute approximate surface area is 341 Å². The summed E-state index contributed by atoms with van der Waals surface area (Å²) in [5.74, 6) is 3.04. The fraction of sp³-hybridized carbons (Fsp3) is 0.222. The van der Waals surface area contributed by atoms with Crippen molar-refractivity contribution in [3.05, 3.63) is 185 Å². The predicted molar refractivity (Wildman–Crippen MR) is 246 cm³/mol. The highest BCUT2D eigenvalue weighted by molar-refractivity contribution is 5.81. The molecule has 1 unspecified atom stereocenters. The predicted octanol–water partition coefficient (Wildman–Crippen LogP) is 15.2. The number of methoxy groups -OCH3 is 1. The van der Waals surface area contributed by atoms with Gasteiger partial charge in [0.05, 0.1) is 13.7 Å². The van der Waals surface area contributed by atoms with Crippen LogP contribution < -0.4 is 14.4 Å². The molecule has 3 heteroatoms. The molecule has 57 heavy (non-hydrogen) atoms. The van der Waals surface area contributed by atoms with E-state index in [9.17, 15) is 0 Å². The first-order valence-corrected chi connectivity index (χ1v) is 20.4. The van der Waals surface area contributed by atoms with Gasteiger partial charge >= 0.3 is 0 Å². The number of rotatable bonds is 18. The smallest absolute Gasteiger partial charge is 0.127 e. The molecular weight excluding hydrogens is 695 g/mol. The maximum Gasteiger partial charge on any atom is 0.127 e. The summed E-state index contributed by atoms with van der Waals surface area (Å²) in [5.41, 5.74) is 11.1. The van der Waals surface area contributed by atoms with E-state index in [1.54, 1.807) is 7.11 Å². The second-order valence-corrected chi connectivity index (χ2v) is 15.4. The first kappa shape index (κ1) is 40.6. The third-order valence-electron chi connectivity index (χ3n) is 10.3. The molecule has 0 aromatic heterocycles. The van der Waals surface area contributed by atoms with Crippen molar-refractivity contribution in [1.82, 2.24) is 0 Å². The molecule has 0 spiro atoms. The zero-order valence-corrected chi connectivity index (χ0v) is 34.3. The Morgan fingerprint density at radius 2 is 0.930 bits per heavy atom. The number of aryl methyl sites for hydroxylation is 1. The quantitative estimate of drug-likeness (QED) is 0.0816. The zero-order valence-electron chi connectivity index (χ0n) is 34.3. The second kappa shape index (κ2) is 20.7. The van der Waals surface area contributed by atoms with Crippen LogP contribution in [-0.4, -0.2) is 13.7 Å². The van der Waals surface area contributed by atoms with Gasteiger partial charge in [-0.3, -0.25) is 0 Å². The fourth-order valence-corrected chi connectivity index (χ4v) is 6.85. The van der Waals surface area contributed by atoms with Crippen molar-refractivity contribution < 1.29 is 9.47 Å². The summed E-state index contributed by atoms with van der Waals surface area (Å²) in [7, 11) is 1.73. The van der Waals surface area contributed by atoms with Gasteiger partial charge < -0.3 is 14.4 Å². The molecule has 0 saturated heterocycles. The maximum absolute atomic E-state index is 6.54. The lowest BCUT2D eigenvalue weighted by Crippen LogP contribution is -2.09. The molecule has 0 amide bonds. The fourth-order valence-electron chi connectivity index (χ4n) is 6.85. The van der Waals surface area contributed by atoms with Crippen molar-refractivity contribution in [2.45, 2.75) is 53.4 Å². The Hall–Kier alpha value is -6.06. The lowest BCUT2D eigenvalue weighted by molar-refractivity contribution is 0.275. The van der Waals surface area contributed by atoms with Gasteiger partial charge in [-0.15, -0.1) is 0 Å². The number of nitrogens with zero attached hydrogens (tertiary/aromatic N) is 1. The summed E-state index contributed by atoms with van der Waals surface area (Å²) < 4.78 is 12.5. The van der Waals surface area contributed by atoms with Crippen LogP contribution in [0.3, 0.4) is 0 Å². The number of ether oxygens (including phenoxy) is 2. The van der Waals surface area contributed by atoms with Crippen molar-refractivity contribution in [1.29, 1.82) is 0 Å². The van der Waals surface area contributed by atoms with Gasteiger partial charge in [-0.1, -0.05) is 179 Å². The summed E-state index contributed by atoms with van der Waals surface area (Å²) in [6.45, 7) is 9.75. The van der Waals surface area contributed by atoms with Gasteiger partial charge in [-0.25, -0.2) is 0 Å². The summed E-state index contributed by atoms with van der Waals surface area (Å²) in [6, 6.07) is 51.1. The van der Waals surface area contributed by atoms with Gasteiger partial charge in [0.1, 0.15) is 11.5 Å². The maximum atomic E-state index is 6.54. The van der Waals surface area contributed by atoms with Gasteiger partial charge in [-0.05, 0) is 96.0 Å². The lowest BCUT2D eigenvalue weighted by Gasteiger charge is -2.26. The molecule has 0 N–H and O–H groups in total. The van der Waals surface area contributed by atoms with Gasteiger partial charge in [0.25, 0.3) is 0 Å². The van der Waals surface area contributed by atoms with E-state index in [0.717, 1.165) is 68.7 Å². The van der Waals surface area contributed by atoms with Crippen molar-refractivity contribution in [3.63, 3.8) is 0 Å². The van der Waals surface area contributed by atoms with Crippen LogP contribution in [0.25, 0.3) is 36.5 Å². The molecule has 0 aliphatic heterocycles. The van der Waals surface area contributed by atoms with Gasteiger partial charge in [-0.2, -0.15) is 0 Å². The molecular formula is C54H57NO2. The minimum absolute atomic E-state index is 0.621. The Morgan fingerprint density at radius 1 is 0.491 bits per heavy atom. The molecule has 290 valence electrons. The van der Waals surface area contributed by atoms with Crippen LogP contribution in [0.5, 0.6) is 11.5 Å². The molecule has 6 rings (SSSR count). The molecule has 6 aromatic rings. The Kier molecular flexibility index (Phi) is 14.8. The van der Waals surface area contributed by atoms with Crippen LogP contribution in [0.2, 0.25) is 0 Å². The van der Waals surface area contributed by atoms with E-state index < -0.39 is 0 Å². The normalized spacial score (nSPS) is 12.2. The molecule has 0 aliphatic rings. The van der Waals surface area contributed by atoms with Crippen LogP contribution in [0.4, 0.5) is 17.1 Å². The second-order valence-electron chi connectivity index (χ2n) is 15.4. The molecule has 0 saturated carbocycles. The van der Waals surface area contributed by atoms with Crippen molar-refractivity contribution in [3.8, 4) is 11.5 Å². The van der Waals surface area contributed by atoms with Crippen LogP contribution in [0.15, 0.2) is 146 Å². The van der Waals surface area contributed by atoms with E-state index in [2.05, 4.69) is 203 Å². The average Bonchev–Trinajstić information content (AvgIpc) is 3.24. The SMILES string of the molecule is COc1cc(/C=C/c2ccccc2)c(OCCC(C)CCCC(C)C)cc1/C=C/c1ccc(N(c2ccc(C)cc2)c2ccc(/C=C/c3ccccc3)cc2)cc1. The Morgan fingerprint density at radius 3 is 1.42 bits per heavy atom. The molecule has 0 aliphatic carbocycles. The highest BCUT2D eigenvalue weighted by Gasteiger charge is 2.14. The summed E-state index contributed by atoms with van der Waals surface area (Å²) in [5, 5.41) is 0. The molecule has 0 radical (unpaired) electrons. The van der Waals surface area contributed by atoms with E-state index in [1.807, 2.05) is 12.1 Å². The third-order valence-corrected chi connectivity index (χ3v) is 10.3. The third kappa shape index (κ3) is 12.2. The number of benzene rings is 6. The standard InChI is InChI=1S/C54H57NO2/c1-41(2)13-12-14-42(3)37-38-57-54-40-48(53(56-5)39-49(54)30-23-45-17-10-7-11-18-45)29-24-47-27-35-52(36-28-47)55(50-31-19-43(4)20-32-50)51-33-25-46(26-34-51)22-21-44-15-8-6-9-16-44/h6-11,15-36,39-42H,12-14,37-38H2,1-5H3/b22-21+,29-24+,30-23+. The first-order chi connectivity index (χ1) is 27.8. The van der Waals surface area contributed by atoms with Crippen LogP contribution in [0.1, 0.15) is 85.4 Å². The number of anilines is 3. The summed E-state index contributed by atoms with van der Waals surface area (Å²) >= 11 is 0. The molecule has 0 fully saturated rings. The highest BCUT2D eigenvalue weighted by Crippen LogP contribution is 2.36. The first-order valence-electron chi connectivity index (χ1n) is 20.4. The van der Waals surface area contributed by atoms with Crippen LogP contribution in [-0.2, 0) is 0 Å². The Balaban J connectivity index is 1.23. The Bertz CT molecular complexity index is 2200. The molecule has 0 heterocycles. The van der Waals surface area contributed by atoms with Crippen molar-refractivity contribution >= 4 is 53.5 Å². The summed E-state index contributed by atoms with van der Waals surface area (Å²) in [4.78, 5) is 2.30. The summed E-state index contributed by atoms with van der Waals surface area (Å²) in [6.07, 6.45) is 17.6. The molecule has 1 atom stereocenters. The topological polar surface area (TPSA) is 21.7 Å². The minimum atomic E-state index is 0.621. The average molecular weight is 752 g/mol. The van der Waals surface area contributed by atoms with Crippen LogP contribution in [0, 0.1) is 18.8 Å². The number of hydrogen-bond acceptors (Lipinski definition) is 3. The molecule has 0 bridgehead atoms. The van der Waals surface area contributed by atoms with Crippen molar-refractivity contribution in [2.75, 3.05) is 18.6 Å². The van der Waals surface area contributed by atoms with Gasteiger partial charge in [0.15, 0.2) is 0 Å².